The Hall–Kier alpha value is 0.512. The zero-order valence-corrected chi connectivity index (χ0v) is 4.75. The molecule has 0 fully saturated rings. The van der Waals surface area contributed by atoms with Gasteiger partial charge in [-0.3, -0.25) is 0 Å². The van der Waals surface area contributed by atoms with E-state index in [0.29, 0.717) is 0 Å². The van der Waals surface area contributed by atoms with Gasteiger partial charge in [0.1, 0.15) is 0 Å². The minimum absolute atomic E-state index is 0. The van der Waals surface area contributed by atoms with Crippen LogP contribution in [-0.4, -0.2) is 22.8 Å². The smallest absolute Gasteiger partial charge is 0.870 e. The summed E-state index contributed by atoms with van der Waals surface area (Å²) in [6.45, 7) is 0. The largest absolute Gasteiger partial charge is 3.00 e. The third kappa shape index (κ3) is 212. The predicted octanol–water partition coefficient (Wildman–Crippen LogP) is -2.19. The zero-order chi connectivity index (χ0) is 3.58. The average molecular weight is 123 g/mol. The van der Waals surface area contributed by atoms with Crippen molar-refractivity contribution in [1.29, 1.82) is 0 Å². The van der Waals surface area contributed by atoms with Gasteiger partial charge in [0.2, 0.25) is 0 Å². The van der Waals surface area contributed by atoms with Crippen molar-refractivity contribution in [1.82, 2.24) is 0 Å². The van der Waals surface area contributed by atoms with E-state index < -0.39 is 8.25 Å². The van der Waals surface area contributed by atoms with Crippen LogP contribution < -0.4 is 9.79 Å². The molecule has 0 saturated heterocycles. The van der Waals surface area contributed by atoms with E-state index in [9.17, 15) is 0 Å². The molecular weight excluding hydrogens is 122 g/mol. The van der Waals surface area contributed by atoms with Gasteiger partial charge in [-0.05, 0) is 0 Å². The Labute approximate surface area is 46.2 Å². The summed E-state index contributed by atoms with van der Waals surface area (Å²) in [6, 6.07) is 0. The molecule has 0 rings (SSSR count). The molecular formula is HAlO4P+. The van der Waals surface area contributed by atoms with E-state index in [0.717, 1.165) is 0 Å². The Balaban J connectivity index is -0.0000000450. The van der Waals surface area contributed by atoms with E-state index in [4.69, 9.17) is 14.4 Å². The molecule has 0 aliphatic heterocycles. The molecule has 0 aromatic carbocycles. The van der Waals surface area contributed by atoms with Gasteiger partial charge < -0.3 is 15.3 Å². The number of rotatable bonds is 0. The Bertz CT molecular complexity index is 30.5. The summed E-state index contributed by atoms with van der Waals surface area (Å²) in [6.07, 6.45) is 0. The molecule has 0 amide bonds. The van der Waals surface area contributed by atoms with Gasteiger partial charge in [-0.25, -0.2) is 0 Å². The molecule has 0 unspecified atom stereocenters. The van der Waals surface area contributed by atoms with Crippen molar-refractivity contribution in [2.45, 2.75) is 0 Å². The first kappa shape index (κ1) is 16.0. The van der Waals surface area contributed by atoms with Gasteiger partial charge in [0.25, 0.3) is 8.25 Å². The second-order valence-corrected chi connectivity index (χ2v) is 0.671. The maximum Gasteiger partial charge on any atom is 3.00 e. The van der Waals surface area contributed by atoms with Gasteiger partial charge in [0.15, 0.2) is 0 Å². The maximum absolute atomic E-state index is 8.48. The van der Waals surface area contributed by atoms with Gasteiger partial charge >= 0.3 is 17.4 Å². The molecule has 0 heterocycles. The molecule has 0 aromatic heterocycles. The fourth-order valence-corrected chi connectivity index (χ4v) is 0. The third-order valence-electron chi connectivity index (χ3n) is 0. The summed E-state index contributed by atoms with van der Waals surface area (Å²) in [5.74, 6) is 0. The molecule has 0 aromatic rings. The summed E-state index contributed by atoms with van der Waals surface area (Å²) < 4.78 is 8.48. The van der Waals surface area contributed by atoms with Crippen molar-refractivity contribution in [2.75, 3.05) is 0 Å². The summed E-state index contributed by atoms with van der Waals surface area (Å²) in [4.78, 5) is 17.0. The number of hydrogen-bond acceptors (Lipinski definition) is 4. The first-order valence-electron chi connectivity index (χ1n) is 0.548. The van der Waals surface area contributed by atoms with Gasteiger partial charge in [0.05, 0.1) is 0 Å². The van der Waals surface area contributed by atoms with Crippen molar-refractivity contribution in [3.05, 3.63) is 0 Å². The molecule has 0 aliphatic carbocycles. The Morgan fingerprint density at radius 3 is 1.33 bits per heavy atom. The van der Waals surface area contributed by atoms with Gasteiger partial charge in [-0.2, -0.15) is 0 Å². The van der Waals surface area contributed by atoms with Crippen molar-refractivity contribution < 1.29 is 19.8 Å². The molecule has 0 radical (unpaired) electrons. The summed E-state index contributed by atoms with van der Waals surface area (Å²) >= 11 is 0. The topological polar surface area (TPSA) is 93.2 Å². The van der Waals surface area contributed by atoms with E-state index in [1.807, 2.05) is 0 Å². The van der Waals surface area contributed by atoms with Crippen LogP contribution in [0.4, 0.5) is 0 Å². The SMILES string of the molecule is O=[P+]([O-])[O-].[Al+3].[OH-]. The van der Waals surface area contributed by atoms with E-state index in [2.05, 4.69) is 0 Å². The zero-order valence-electron chi connectivity index (χ0n) is 2.70. The molecule has 0 spiro atoms. The Kier molecular flexibility index (Phi) is 24.3. The van der Waals surface area contributed by atoms with Crippen LogP contribution in [0.1, 0.15) is 0 Å². The normalized spacial score (nSPS) is 4.33. The molecule has 0 atom stereocenters. The van der Waals surface area contributed by atoms with Crippen LogP contribution in [-0.2, 0) is 4.57 Å². The second-order valence-electron chi connectivity index (χ2n) is 0.224. The van der Waals surface area contributed by atoms with Crippen molar-refractivity contribution in [3.63, 3.8) is 0 Å². The van der Waals surface area contributed by atoms with Gasteiger partial charge in [-0.1, -0.05) is 4.57 Å². The monoisotopic (exact) mass is 123 g/mol. The van der Waals surface area contributed by atoms with Crippen LogP contribution in [0.2, 0.25) is 0 Å². The Morgan fingerprint density at radius 1 is 1.33 bits per heavy atom. The quantitative estimate of drug-likeness (QED) is 0.270. The fraction of sp³-hybridized carbons (Fsp3) is 0. The van der Waals surface area contributed by atoms with E-state index >= 15 is 0 Å². The molecule has 6 heavy (non-hydrogen) atoms. The minimum Gasteiger partial charge on any atom is -0.870 e. The van der Waals surface area contributed by atoms with Crippen molar-refractivity contribution >= 4 is 25.6 Å². The molecule has 1 N–H and O–H groups in total. The molecule has 32 valence electrons. The summed E-state index contributed by atoms with van der Waals surface area (Å²) in [5, 5.41) is 0. The van der Waals surface area contributed by atoms with Crippen LogP contribution in [0.15, 0.2) is 0 Å². The molecule has 0 bridgehead atoms. The third-order valence-corrected chi connectivity index (χ3v) is 0. The van der Waals surface area contributed by atoms with Crippen LogP contribution in [0.3, 0.4) is 0 Å². The van der Waals surface area contributed by atoms with Crippen LogP contribution in [0.25, 0.3) is 0 Å². The van der Waals surface area contributed by atoms with Crippen LogP contribution in [0, 0.1) is 0 Å². The average Bonchev–Trinajstić information content (AvgIpc) is 0.811. The van der Waals surface area contributed by atoms with Gasteiger partial charge in [-0.15, -0.1) is 0 Å². The summed E-state index contributed by atoms with van der Waals surface area (Å²) in [7, 11) is -3.37. The first-order chi connectivity index (χ1) is 1.73. The van der Waals surface area contributed by atoms with E-state index in [1.54, 1.807) is 0 Å². The molecule has 6 heteroatoms. The van der Waals surface area contributed by atoms with E-state index in [1.165, 1.54) is 0 Å². The summed E-state index contributed by atoms with van der Waals surface area (Å²) in [5.41, 5.74) is 0. The predicted molar refractivity (Wildman–Crippen MR) is 15.3 cm³/mol. The van der Waals surface area contributed by atoms with Gasteiger partial charge in [0, 0.05) is 0 Å². The standard InChI is InChI=1S/Al.HO3P.H2O/c;1-4(2)3;/h;(H,1,2,3);1H2/q+3;;/p-2. The minimum atomic E-state index is -3.37. The molecule has 0 saturated carbocycles. The maximum atomic E-state index is 8.48. The fourth-order valence-electron chi connectivity index (χ4n) is 0. The van der Waals surface area contributed by atoms with Crippen molar-refractivity contribution in [2.24, 2.45) is 0 Å². The van der Waals surface area contributed by atoms with E-state index in [-0.39, 0.29) is 22.8 Å². The van der Waals surface area contributed by atoms with Crippen LogP contribution >= 0.6 is 8.25 Å². The second kappa shape index (κ2) is 9.10. The molecule has 4 nitrogen and oxygen atoms in total. The Morgan fingerprint density at radius 2 is 1.33 bits per heavy atom. The molecule has 0 aliphatic rings. The van der Waals surface area contributed by atoms with Crippen LogP contribution in [0.5, 0.6) is 0 Å². The number of hydrogen-bond donors (Lipinski definition) is 0. The first-order valence-corrected chi connectivity index (χ1v) is 1.64. The van der Waals surface area contributed by atoms with Crippen molar-refractivity contribution in [3.8, 4) is 0 Å².